The van der Waals surface area contributed by atoms with Crippen LogP contribution in [0, 0.1) is 0 Å². The summed E-state index contributed by atoms with van der Waals surface area (Å²) in [6.45, 7) is 11.0. The number of rotatable bonds is 22. The van der Waals surface area contributed by atoms with Crippen molar-refractivity contribution in [1.82, 2.24) is 39.2 Å². The van der Waals surface area contributed by atoms with E-state index in [-0.39, 0.29) is 130 Å². The van der Waals surface area contributed by atoms with Crippen molar-refractivity contribution in [2.75, 3.05) is 120 Å². The molecule has 0 N–H and O–H groups in total. The highest BCUT2D eigenvalue weighted by Gasteiger charge is 2.36. The number of likely N-dealkylation sites (tertiary alicyclic amines) is 1. The van der Waals surface area contributed by atoms with E-state index < -0.39 is 0 Å². The molecular weight excluding hydrogens is 1720 g/mol. The average Bonchev–Trinajstić information content (AvgIpc) is 1.70. The molecule has 0 radical (unpaired) electrons. The Hall–Kier alpha value is -13.3. The maximum Gasteiger partial charge on any atom is 0.306 e. The number of morpholine rings is 1. The van der Waals surface area contributed by atoms with Gasteiger partial charge in [-0.1, -0.05) is 144 Å². The van der Waals surface area contributed by atoms with E-state index in [9.17, 15) is 57.5 Å². The molecule has 17 rings (SSSR count). The van der Waals surface area contributed by atoms with Crippen LogP contribution in [0.5, 0.6) is 0 Å². The fourth-order valence-electron chi connectivity index (χ4n) is 17.1. The summed E-state index contributed by atoms with van der Waals surface area (Å²) in [7, 11) is 0. The van der Waals surface area contributed by atoms with Gasteiger partial charge in [0.05, 0.1) is 39.5 Å². The van der Waals surface area contributed by atoms with Crippen molar-refractivity contribution in [3.63, 3.8) is 0 Å². The van der Waals surface area contributed by atoms with Gasteiger partial charge in [0.2, 0.25) is 29.5 Å². The van der Waals surface area contributed by atoms with E-state index in [1.165, 1.54) is 4.90 Å². The van der Waals surface area contributed by atoms with Crippen LogP contribution < -0.4 is 14.7 Å². The first-order chi connectivity index (χ1) is 63.5. The van der Waals surface area contributed by atoms with Crippen LogP contribution in [0.25, 0.3) is 0 Å². The number of carbonyl (C=O) groups is 12. The first-order valence-corrected chi connectivity index (χ1v) is 45.5. The summed E-state index contributed by atoms with van der Waals surface area (Å²) >= 11 is 18.1. The van der Waals surface area contributed by atoms with Gasteiger partial charge in [-0.3, -0.25) is 57.5 Å². The topological polar surface area (TPSA) is 259 Å². The summed E-state index contributed by atoms with van der Waals surface area (Å²) in [4.78, 5) is 177. The molecule has 11 amide bonds. The number of halogens is 3. The van der Waals surface area contributed by atoms with Crippen molar-refractivity contribution in [2.45, 2.75) is 97.6 Å². The van der Waals surface area contributed by atoms with Gasteiger partial charge >= 0.3 is 5.97 Å². The molecule has 0 aromatic heterocycles. The van der Waals surface area contributed by atoms with E-state index in [4.69, 9.17) is 44.3 Å². The van der Waals surface area contributed by atoms with Gasteiger partial charge in [-0.2, -0.15) is 0 Å². The Morgan fingerprint density at radius 1 is 0.305 bits per heavy atom. The fourth-order valence-corrected chi connectivity index (χ4v) is 17.5. The van der Waals surface area contributed by atoms with Crippen molar-refractivity contribution in [3.05, 3.63) is 335 Å². The third-order valence-corrected chi connectivity index (χ3v) is 25.1. The molecule has 131 heavy (non-hydrogen) atoms. The molecule has 0 aliphatic carbocycles. The summed E-state index contributed by atoms with van der Waals surface area (Å²) < 4.78 is 10.4. The Bertz CT molecular complexity index is 5840. The summed E-state index contributed by atoms with van der Waals surface area (Å²) in [5.41, 5.74) is 13.2. The van der Waals surface area contributed by atoms with Crippen LogP contribution in [0.15, 0.2) is 237 Å². The highest BCUT2D eigenvalue weighted by Crippen LogP contribution is 2.36. The molecule has 8 aliphatic rings. The van der Waals surface area contributed by atoms with Crippen molar-refractivity contribution in [2.24, 2.45) is 0 Å². The van der Waals surface area contributed by atoms with Crippen LogP contribution in [0.3, 0.4) is 0 Å². The van der Waals surface area contributed by atoms with Crippen molar-refractivity contribution >= 4 is 123 Å². The normalized spacial score (nSPS) is 15.8. The van der Waals surface area contributed by atoms with Gasteiger partial charge in [0.25, 0.3) is 35.4 Å². The standard InChI is InChI=1S/C35H35ClN4O5.C35H35ClN4O4.C33H32ClN3O5/c36-30-11-9-28(10-12-30)35(44)39-23-29-21-25(6-14-32(41)37-17-19-45-20-18-37)5-13-31(29)40(33(42)24-39)22-26-3-7-27(8-4-26)34(43)38-15-1-2-16-38;36-30-13-11-28(12-14-30)35(44)39-23-29-21-25(8-16-32(41)37-17-1-2-18-37)7-15-31(29)40(33(42)24-39)22-26-5-9-27(10-6-26)34(43)38-19-3-4-20-38;1-2-42-31(39)16-8-23-7-15-29-27(19-23)21-36(33(41)26-11-13-28(34)14-12-26)22-30(38)37(29)20-24-5-9-25(10-6-24)32(40)35-17-3-4-18-35/h1-5,7-13,21H,6,14-20,22-24H2;3-7,9-15,21H,1-2,8,16-20,22-24H2;3-7,9-15,19H,2,8,16-18,20-22H2,1H3. The minimum atomic E-state index is -0.274. The summed E-state index contributed by atoms with van der Waals surface area (Å²) in [5, 5.41) is 1.57. The van der Waals surface area contributed by atoms with Gasteiger partial charge < -0.3 is 63.4 Å². The smallest absolute Gasteiger partial charge is 0.306 e. The molecule has 8 aliphatic heterocycles. The second-order valence-corrected chi connectivity index (χ2v) is 34.7. The largest absolute Gasteiger partial charge is 0.466 e. The van der Waals surface area contributed by atoms with E-state index in [1.807, 2.05) is 137 Å². The van der Waals surface area contributed by atoms with E-state index in [2.05, 4.69) is 0 Å². The van der Waals surface area contributed by atoms with Crippen LogP contribution in [-0.2, 0) is 96.8 Å². The Labute approximate surface area is 776 Å². The quantitative estimate of drug-likeness (QED) is 0.0451. The summed E-state index contributed by atoms with van der Waals surface area (Å²) in [6, 6.07) is 59.4. The molecule has 8 heterocycles. The Morgan fingerprint density at radius 3 is 0.855 bits per heavy atom. The Kier molecular flexibility index (Phi) is 30.6. The lowest BCUT2D eigenvalue weighted by Gasteiger charge is -2.27. The van der Waals surface area contributed by atoms with E-state index >= 15 is 0 Å². The SMILES string of the molecule is CCOC(=O)CCc1ccc2c(c1)CN(C(=O)c1ccc(Cl)cc1)CC(=O)N2Cc1ccc(C(=O)N2CC=CC2)cc1.O=C(CCc1ccc2c(c1)CN(C(=O)c1ccc(Cl)cc1)CC(=O)N2Cc1ccc(C(=O)N2CC=CC2)cc1)N1CCCC1.O=C(CCc1ccc2c(c1)CN(C(=O)c1ccc(Cl)cc1)CC(=O)N2Cc1ccc(C(=O)N2CC=CC2)cc1)N1CCOCC1. The highest BCUT2D eigenvalue weighted by molar-refractivity contribution is 6.31. The van der Waals surface area contributed by atoms with Crippen molar-refractivity contribution in [3.8, 4) is 0 Å². The molecule has 28 heteroatoms. The van der Waals surface area contributed by atoms with Crippen LogP contribution in [-0.4, -0.2) is 215 Å². The monoisotopic (exact) mass is 1820 g/mol. The first kappa shape index (κ1) is 92.4. The third-order valence-electron chi connectivity index (χ3n) is 24.3. The number of hydrogen-bond acceptors (Lipinski definition) is 14. The molecule has 0 atom stereocenters. The zero-order chi connectivity index (χ0) is 91.6. The predicted molar refractivity (Wildman–Crippen MR) is 501 cm³/mol. The zero-order valence-electron chi connectivity index (χ0n) is 73.0. The van der Waals surface area contributed by atoms with Crippen LogP contribution >= 0.6 is 34.8 Å². The average molecular weight is 1820 g/mol. The van der Waals surface area contributed by atoms with Crippen LogP contribution in [0.2, 0.25) is 15.1 Å². The molecule has 0 saturated carbocycles. The highest BCUT2D eigenvalue weighted by atomic mass is 35.5. The van der Waals surface area contributed by atoms with E-state index in [0.717, 1.165) is 87.4 Å². The minimum absolute atomic E-state index is 0.0233. The lowest BCUT2D eigenvalue weighted by atomic mass is 10.0. The molecule has 0 unspecified atom stereocenters. The van der Waals surface area contributed by atoms with Gasteiger partial charge in [-0.25, -0.2) is 0 Å². The number of fused-ring (bicyclic) bond motifs is 3. The fraction of sp³-hybridized carbons (Fsp3) is 0.301. The lowest BCUT2D eigenvalue weighted by Crippen LogP contribution is -2.40. The summed E-state index contributed by atoms with van der Waals surface area (Å²) in [6.07, 6.45) is 16.6. The van der Waals surface area contributed by atoms with Gasteiger partial charge in [-0.05, 0) is 216 Å². The molecule has 9 aromatic carbocycles. The molecule has 25 nitrogen and oxygen atoms in total. The molecule has 0 spiro atoms. The second kappa shape index (κ2) is 43.4. The molecule has 674 valence electrons. The number of ether oxygens (including phenoxy) is 2. The second-order valence-electron chi connectivity index (χ2n) is 33.4. The van der Waals surface area contributed by atoms with Gasteiger partial charge in [0, 0.05) is 170 Å². The third kappa shape index (κ3) is 23.5. The van der Waals surface area contributed by atoms with Crippen LogP contribution in [0.4, 0.5) is 17.1 Å². The molecule has 0 bridgehead atoms. The molecule has 9 aromatic rings. The predicted octanol–water partition coefficient (Wildman–Crippen LogP) is 14.5. The van der Waals surface area contributed by atoms with Crippen molar-refractivity contribution in [1.29, 1.82) is 0 Å². The number of esters is 1. The molecule has 2 fully saturated rings. The molecule has 2 saturated heterocycles. The van der Waals surface area contributed by atoms with E-state index in [1.54, 1.807) is 155 Å². The number of anilines is 3. The van der Waals surface area contributed by atoms with E-state index in [0.29, 0.717) is 165 Å². The number of carbonyl (C=O) groups excluding carboxylic acids is 12. The molecular formula is C103H102Cl3N11O14. The maximum atomic E-state index is 13.8. The maximum absolute atomic E-state index is 13.8. The lowest BCUT2D eigenvalue weighted by molar-refractivity contribution is -0.143. The number of hydrogen-bond donors (Lipinski definition) is 0. The number of benzene rings is 9. The van der Waals surface area contributed by atoms with Gasteiger partial charge in [0.15, 0.2) is 0 Å². The number of amides is 11. The number of nitrogens with zero attached hydrogens (tertiary/aromatic N) is 11. The Morgan fingerprint density at radius 2 is 0.565 bits per heavy atom. The first-order valence-electron chi connectivity index (χ1n) is 44.3. The zero-order valence-corrected chi connectivity index (χ0v) is 75.3. The van der Waals surface area contributed by atoms with Crippen LogP contribution in [0.1, 0.15) is 151 Å². The van der Waals surface area contributed by atoms with Gasteiger partial charge in [-0.15, -0.1) is 0 Å². The number of aryl methyl sites for hydroxylation is 3. The minimum Gasteiger partial charge on any atom is -0.466 e. The summed E-state index contributed by atoms with van der Waals surface area (Å²) in [5.74, 6) is -1.53. The Balaban J connectivity index is 0.000000151. The van der Waals surface area contributed by atoms with Gasteiger partial charge in [0.1, 0.15) is 19.6 Å². The van der Waals surface area contributed by atoms with Crippen molar-refractivity contribution < 1.29 is 67.0 Å².